The molecule has 0 saturated heterocycles. The van der Waals surface area contributed by atoms with Gasteiger partial charge >= 0.3 is 0 Å². The monoisotopic (exact) mass is 242 g/mol. The van der Waals surface area contributed by atoms with E-state index in [4.69, 9.17) is 5.73 Å². The fourth-order valence-corrected chi connectivity index (χ4v) is 2.07. The van der Waals surface area contributed by atoms with Gasteiger partial charge in [0.25, 0.3) is 0 Å². The van der Waals surface area contributed by atoms with Crippen LogP contribution in [0.5, 0.6) is 0 Å². The quantitative estimate of drug-likeness (QED) is 0.820. The third-order valence-corrected chi connectivity index (χ3v) is 3.14. The van der Waals surface area contributed by atoms with Crippen LogP contribution in [0.1, 0.15) is 36.5 Å². The van der Waals surface area contributed by atoms with E-state index in [0.717, 1.165) is 30.0 Å². The topological polar surface area (TPSA) is 56.0 Å². The van der Waals surface area contributed by atoms with Crippen molar-refractivity contribution >= 4 is 16.6 Å². The molecule has 1 aromatic heterocycles. The molecule has 0 amide bonds. The molecule has 2 aromatic rings. The van der Waals surface area contributed by atoms with Gasteiger partial charge in [0.2, 0.25) is 0 Å². The molecule has 1 atom stereocenters. The molecule has 2 N–H and O–H groups in total. The number of carbonyl (C=O) groups excluding carboxylic acids is 1. The summed E-state index contributed by atoms with van der Waals surface area (Å²) in [7, 11) is 0. The fourth-order valence-electron chi connectivity index (χ4n) is 2.07. The van der Waals surface area contributed by atoms with Crippen molar-refractivity contribution in [1.82, 2.24) is 4.98 Å². The number of unbranched alkanes of at least 4 members (excludes halogenated alkanes) is 1. The molecule has 1 aromatic carbocycles. The lowest BCUT2D eigenvalue weighted by Gasteiger charge is -2.11. The third kappa shape index (κ3) is 2.57. The maximum Gasteiger partial charge on any atom is 0.181 e. The number of hydrogen-bond donors (Lipinski definition) is 1. The first-order valence-electron chi connectivity index (χ1n) is 6.36. The molecule has 18 heavy (non-hydrogen) atoms. The van der Waals surface area contributed by atoms with Crippen LogP contribution in [0.2, 0.25) is 0 Å². The molecule has 3 nitrogen and oxygen atoms in total. The van der Waals surface area contributed by atoms with E-state index in [1.54, 1.807) is 12.4 Å². The number of fused-ring (bicyclic) bond motifs is 1. The summed E-state index contributed by atoms with van der Waals surface area (Å²) in [6.45, 7) is 2.09. The summed E-state index contributed by atoms with van der Waals surface area (Å²) in [6.07, 6.45) is 6.15. The van der Waals surface area contributed by atoms with Crippen molar-refractivity contribution in [1.29, 1.82) is 0 Å². The number of nitrogens with two attached hydrogens (primary N) is 1. The molecule has 0 bridgehead atoms. The maximum absolute atomic E-state index is 12.3. The van der Waals surface area contributed by atoms with E-state index in [-0.39, 0.29) is 5.78 Å². The molecule has 2 rings (SSSR count). The SMILES string of the molecule is CCCCC(N)C(=O)c1cncc2ccccc12. The maximum atomic E-state index is 12.3. The van der Waals surface area contributed by atoms with E-state index >= 15 is 0 Å². The first-order valence-corrected chi connectivity index (χ1v) is 6.36. The molecule has 1 unspecified atom stereocenters. The molecule has 0 radical (unpaired) electrons. The molecular formula is C15H18N2O. The average molecular weight is 242 g/mol. The van der Waals surface area contributed by atoms with Crippen LogP contribution in [-0.4, -0.2) is 16.8 Å². The van der Waals surface area contributed by atoms with Crippen LogP contribution in [0.4, 0.5) is 0 Å². The standard InChI is InChI=1S/C15H18N2O/c1-2-3-8-14(16)15(18)13-10-17-9-11-6-4-5-7-12(11)13/h4-7,9-10,14H,2-3,8,16H2,1H3. The van der Waals surface area contributed by atoms with Gasteiger partial charge in [0, 0.05) is 23.3 Å². The zero-order valence-electron chi connectivity index (χ0n) is 10.6. The highest BCUT2D eigenvalue weighted by molar-refractivity contribution is 6.09. The lowest BCUT2D eigenvalue weighted by atomic mass is 9.97. The van der Waals surface area contributed by atoms with Gasteiger partial charge in [-0.3, -0.25) is 9.78 Å². The Morgan fingerprint density at radius 1 is 1.33 bits per heavy atom. The van der Waals surface area contributed by atoms with Crippen molar-refractivity contribution in [3.63, 3.8) is 0 Å². The molecular weight excluding hydrogens is 224 g/mol. The van der Waals surface area contributed by atoms with E-state index in [1.165, 1.54) is 0 Å². The molecule has 0 spiro atoms. The van der Waals surface area contributed by atoms with Gasteiger partial charge < -0.3 is 5.73 Å². The highest BCUT2D eigenvalue weighted by Crippen LogP contribution is 2.19. The smallest absolute Gasteiger partial charge is 0.181 e. The Bertz CT molecular complexity index is 546. The molecule has 0 aliphatic carbocycles. The number of benzene rings is 1. The summed E-state index contributed by atoms with van der Waals surface area (Å²) in [5.41, 5.74) is 6.58. The number of aromatic nitrogens is 1. The number of nitrogens with zero attached hydrogens (tertiary/aromatic N) is 1. The Labute approximate surface area is 107 Å². The Morgan fingerprint density at radius 2 is 2.11 bits per heavy atom. The van der Waals surface area contributed by atoms with Crippen molar-refractivity contribution in [2.24, 2.45) is 5.73 Å². The van der Waals surface area contributed by atoms with E-state index < -0.39 is 6.04 Å². The molecule has 0 saturated carbocycles. The van der Waals surface area contributed by atoms with Gasteiger partial charge in [-0.1, -0.05) is 44.0 Å². The Morgan fingerprint density at radius 3 is 2.89 bits per heavy atom. The van der Waals surface area contributed by atoms with Gasteiger partial charge in [-0.05, 0) is 11.8 Å². The highest BCUT2D eigenvalue weighted by atomic mass is 16.1. The molecule has 3 heteroatoms. The van der Waals surface area contributed by atoms with Crippen LogP contribution >= 0.6 is 0 Å². The van der Waals surface area contributed by atoms with Crippen molar-refractivity contribution < 1.29 is 4.79 Å². The first kappa shape index (κ1) is 12.7. The van der Waals surface area contributed by atoms with Crippen molar-refractivity contribution in [3.8, 4) is 0 Å². The second kappa shape index (κ2) is 5.74. The van der Waals surface area contributed by atoms with Gasteiger partial charge in [-0.2, -0.15) is 0 Å². The Hall–Kier alpha value is -1.74. The zero-order valence-corrected chi connectivity index (χ0v) is 10.6. The van der Waals surface area contributed by atoms with Crippen LogP contribution in [-0.2, 0) is 0 Å². The molecule has 0 fully saturated rings. The second-order valence-corrected chi connectivity index (χ2v) is 4.52. The van der Waals surface area contributed by atoms with Gasteiger partial charge in [-0.25, -0.2) is 0 Å². The minimum Gasteiger partial charge on any atom is -0.321 e. The Balaban J connectivity index is 2.33. The first-order chi connectivity index (χ1) is 8.74. The number of carbonyl (C=O) groups is 1. The van der Waals surface area contributed by atoms with Crippen LogP contribution < -0.4 is 5.73 Å². The minimum atomic E-state index is -0.419. The number of rotatable bonds is 5. The van der Waals surface area contributed by atoms with Crippen LogP contribution in [0.25, 0.3) is 10.8 Å². The average Bonchev–Trinajstić information content (AvgIpc) is 2.43. The third-order valence-electron chi connectivity index (χ3n) is 3.14. The molecule has 0 aliphatic heterocycles. The lowest BCUT2D eigenvalue weighted by Crippen LogP contribution is -2.30. The van der Waals surface area contributed by atoms with E-state index in [2.05, 4.69) is 11.9 Å². The van der Waals surface area contributed by atoms with E-state index in [0.29, 0.717) is 5.56 Å². The predicted molar refractivity (Wildman–Crippen MR) is 73.6 cm³/mol. The summed E-state index contributed by atoms with van der Waals surface area (Å²) in [5.74, 6) is -0.00671. The molecule has 0 aliphatic rings. The van der Waals surface area contributed by atoms with Crippen molar-refractivity contribution in [3.05, 3.63) is 42.2 Å². The number of pyridine rings is 1. The number of Topliss-reactive ketones (excluding diaryl/α,β-unsaturated/α-hetero) is 1. The van der Waals surface area contributed by atoms with Crippen LogP contribution in [0.15, 0.2) is 36.7 Å². The van der Waals surface area contributed by atoms with Crippen LogP contribution in [0, 0.1) is 0 Å². The van der Waals surface area contributed by atoms with E-state index in [1.807, 2.05) is 24.3 Å². The summed E-state index contributed by atoms with van der Waals surface area (Å²) in [4.78, 5) is 16.4. The summed E-state index contributed by atoms with van der Waals surface area (Å²) in [6, 6.07) is 7.34. The zero-order chi connectivity index (χ0) is 13.0. The largest absolute Gasteiger partial charge is 0.321 e. The van der Waals surface area contributed by atoms with Gasteiger partial charge in [0.15, 0.2) is 5.78 Å². The van der Waals surface area contributed by atoms with Gasteiger partial charge in [0.1, 0.15) is 0 Å². The number of ketones is 1. The summed E-state index contributed by atoms with van der Waals surface area (Å²) < 4.78 is 0. The normalized spacial score (nSPS) is 12.6. The minimum absolute atomic E-state index is 0.00671. The van der Waals surface area contributed by atoms with E-state index in [9.17, 15) is 4.79 Å². The van der Waals surface area contributed by atoms with Crippen molar-refractivity contribution in [2.45, 2.75) is 32.2 Å². The molecule has 94 valence electrons. The second-order valence-electron chi connectivity index (χ2n) is 4.52. The fraction of sp³-hybridized carbons (Fsp3) is 0.333. The van der Waals surface area contributed by atoms with Gasteiger partial charge in [0.05, 0.1) is 6.04 Å². The Kier molecular flexibility index (Phi) is 4.05. The lowest BCUT2D eigenvalue weighted by molar-refractivity contribution is 0.0957. The predicted octanol–water partition coefficient (Wildman–Crippen LogP) is 2.94. The molecule has 1 heterocycles. The van der Waals surface area contributed by atoms with Crippen LogP contribution in [0.3, 0.4) is 0 Å². The highest BCUT2D eigenvalue weighted by Gasteiger charge is 2.17. The van der Waals surface area contributed by atoms with Gasteiger partial charge in [-0.15, -0.1) is 0 Å². The summed E-state index contributed by atoms with van der Waals surface area (Å²) in [5, 5.41) is 1.91. The number of hydrogen-bond acceptors (Lipinski definition) is 3. The summed E-state index contributed by atoms with van der Waals surface area (Å²) >= 11 is 0. The van der Waals surface area contributed by atoms with Crippen molar-refractivity contribution in [2.75, 3.05) is 0 Å².